The number of phosphoric ester groups is 1. The van der Waals surface area contributed by atoms with Crippen molar-refractivity contribution in [2.45, 2.75) is 173 Å². The van der Waals surface area contributed by atoms with Crippen LogP contribution in [-0.4, -0.2) is 130 Å². The molecule has 3 heterocycles. The number of nitrogens with one attached hydrogen (secondary N) is 1. The normalized spacial score (nSPS) is 17.4. The summed E-state index contributed by atoms with van der Waals surface area (Å²) in [7, 11) is -13.5. The first kappa shape index (κ1) is 75.9. The molecule has 3 aliphatic rings. The highest BCUT2D eigenvalue weighted by molar-refractivity contribution is 7.93. The molecule has 8 rings (SSSR count). The minimum Gasteiger partial charge on any atom is -0.459 e. The molecular formula is C61H70ClF10N8O14PS2. The van der Waals surface area contributed by atoms with E-state index >= 15 is 30.7 Å². The molecule has 22 nitrogen and oxygen atoms in total. The minimum absolute atomic E-state index is 0.0428. The number of anilines is 1. The molecule has 2 fully saturated rings. The van der Waals surface area contributed by atoms with Crippen molar-refractivity contribution in [1.29, 1.82) is 0 Å². The molecule has 2 saturated carbocycles. The van der Waals surface area contributed by atoms with Crippen LogP contribution in [0.4, 0.5) is 54.5 Å². The molecule has 1 N–H and O–H groups in total. The van der Waals surface area contributed by atoms with Gasteiger partial charge in [-0.1, -0.05) is 23.6 Å². The number of benzene rings is 2. The third kappa shape index (κ3) is 18.3. The first-order valence-electron chi connectivity index (χ1n) is 29.7. The summed E-state index contributed by atoms with van der Waals surface area (Å²) in [5.41, 5.74) is -11.2. The number of amides is 3. The van der Waals surface area contributed by atoms with E-state index in [0.29, 0.717) is 12.3 Å². The molecule has 0 saturated heterocycles. The Morgan fingerprint density at radius 3 is 1.97 bits per heavy atom. The van der Waals surface area contributed by atoms with Crippen molar-refractivity contribution in [2.75, 3.05) is 36.7 Å². The maximum atomic E-state index is 15.8. The number of phosphoric acid groups is 1. The highest BCUT2D eigenvalue weighted by atomic mass is 35.5. The number of aromatic nitrogens is 5. The summed E-state index contributed by atoms with van der Waals surface area (Å²) in [5.74, 6) is -8.72. The number of hydrogen-bond donors (Lipinski definition) is 1. The Bertz CT molecular complexity index is 4280. The van der Waals surface area contributed by atoms with Crippen molar-refractivity contribution in [3.8, 4) is 23.0 Å². The van der Waals surface area contributed by atoms with Crippen LogP contribution in [0.3, 0.4) is 0 Å². The number of sulfone groups is 1. The van der Waals surface area contributed by atoms with Gasteiger partial charge in [-0.05, 0) is 155 Å². The largest absolute Gasteiger partial charge is 0.478 e. The van der Waals surface area contributed by atoms with Crippen molar-refractivity contribution in [2.24, 2.45) is 11.3 Å². The molecule has 0 aliphatic heterocycles. The topological polar surface area (TPSA) is 267 Å². The molecule has 3 aromatic heterocycles. The Balaban J connectivity index is 1.25. The zero-order chi connectivity index (χ0) is 72.7. The number of carbonyl (C=O) groups is 4. The number of alkyl halides is 8. The predicted octanol–water partition coefficient (Wildman–Crippen LogP) is 12.2. The van der Waals surface area contributed by atoms with Crippen LogP contribution in [0.2, 0.25) is 5.02 Å². The summed E-state index contributed by atoms with van der Waals surface area (Å²) in [4.78, 5) is 62.2. The molecule has 0 spiro atoms. The van der Waals surface area contributed by atoms with E-state index in [-0.39, 0.29) is 49.8 Å². The lowest BCUT2D eigenvalue weighted by atomic mass is 9.93. The number of esters is 1. The van der Waals surface area contributed by atoms with Crippen LogP contribution < -0.4 is 9.62 Å². The molecule has 3 aliphatic carbocycles. The lowest BCUT2D eigenvalue weighted by molar-refractivity contribution is -0.156. The van der Waals surface area contributed by atoms with Gasteiger partial charge in [-0.15, -0.1) is 0 Å². The van der Waals surface area contributed by atoms with Gasteiger partial charge in [0, 0.05) is 47.9 Å². The highest BCUT2D eigenvalue weighted by Gasteiger charge is 2.68. The van der Waals surface area contributed by atoms with Crippen LogP contribution in [-0.2, 0) is 93.5 Å². The van der Waals surface area contributed by atoms with Crippen LogP contribution in [0, 0.1) is 34.8 Å². The smallest absolute Gasteiger partial charge is 0.459 e. The molecule has 5 aromatic rings. The molecule has 0 radical (unpaired) electrons. The third-order valence-electron chi connectivity index (χ3n) is 15.2. The summed E-state index contributed by atoms with van der Waals surface area (Å²) in [6, 6.07) is 4.50. The van der Waals surface area contributed by atoms with E-state index < -0.39 is 222 Å². The number of nitrogens with zero attached hydrogens (tertiary/aromatic N) is 7. The van der Waals surface area contributed by atoms with Crippen LogP contribution in [0.5, 0.6) is 0 Å². The van der Waals surface area contributed by atoms with Crippen molar-refractivity contribution in [3.05, 3.63) is 93.0 Å². The summed E-state index contributed by atoms with van der Waals surface area (Å²) < 4.78 is 244. The summed E-state index contributed by atoms with van der Waals surface area (Å²) in [5, 5.41) is 8.69. The Morgan fingerprint density at radius 1 is 0.835 bits per heavy atom. The van der Waals surface area contributed by atoms with Crippen molar-refractivity contribution >= 4 is 79.9 Å². The standard InChI is InChI=1S/C61H70ClF10N8O14PS2/c1-54(2,3)92-45(83)29-77(53(84)90-32-91-95(85,93-55(4,5)6)94-56(7,8)9)30-58(20-21-58)27-44(82)80(97(13,88)89)52-47-41(62)17-16-38(49(47)79(76-52)31-59(65,66)67)37-15-14-36(18-19-57(10,11)96(12,86)87)73-48(37)42(24-33-22-34(63)25-35(64)23-33)74-43(81)28-78-51-46(50(75-78)61(70,71)72)39-26-40(39)60(51,68)69/h14-17,22-23,25,39-40,42H,20-21,24,26-32H2,1-13H3,(H,74,81)/t39-,40?,42-/m0/s1. The molecule has 36 heteroatoms. The number of carbonyl (C=O) groups excluding carboxylic acids is 4. The molecule has 1 unspecified atom stereocenters. The van der Waals surface area contributed by atoms with Gasteiger partial charge >= 0.3 is 32.2 Å². The van der Waals surface area contributed by atoms with Crippen molar-refractivity contribution in [3.63, 3.8) is 0 Å². The van der Waals surface area contributed by atoms with Crippen molar-refractivity contribution < 1.29 is 108 Å². The lowest BCUT2D eigenvalue weighted by Crippen LogP contribution is -2.44. The van der Waals surface area contributed by atoms with Gasteiger partial charge in [0.2, 0.25) is 28.6 Å². The van der Waals surface area contributed by atoms with Gasteiger partial charge in [-0.3, -0.25) is 37.7 Å². The Hall–Kier alpha value is -6.89. The maximum Gasteiger partial charge on any atom is 0.478 e. The molecule has 97 heavy (non-hydrogen) atoms. The molecule has 2 aromatic carbocycles. The summed E-state index contributed by atoms with van der Waals surface area (Å²) >= 11 is 6.86. The zero-order valence-electron chi connectivity index (χ0n) is 54.6. The molecule has 3 atom stereocenters. The quantitative estimate of drug-likeness (QED) is 0.0222. The zero-order valence-corrected chi connectivity index (χ0v) is 57.9. The lowest BCUT2D eigenvalue weighted by Gasteiger charge is -2.31. The van der Waals surface area contributed by atoms with Crippen LogP contribution in [0.1, 0.15) is 148 Å². The van der Waals surface area contributed by atoms with E-state index in [0.717, 1.165) is 47.6 Å². The van der Waals surface area contributed by atoms with Gasteiger partial charge < -0.3 is 14.8 Å². The van der Waals surface area contributed by atoms with Gasteiger partial charge in [-0.2, -0.15) is 49.6 Å². The first-order chi connectivity index (χ1) is 44.1. The van der Waals surface area contributed by atoms with Gasteiger partial charge in [-0.25, -0.2) is 44.5 Å². The SMILES string of the molecule is CC(C)(C)OC(=O)CN(CC1(CC(=O)N(c2nn(CC(F)(F)F)c3c(-c4ccc(C#CC(C)(C)S(C)(=O)=O)nc4[C@H](Cc4cc(F)cc(F)c4)NC(=O)Cn4nc(C(F)(F)F)c5c4C(F)(F)C4C[C@H]54)ccc(Cl)c23)S(C)(=O)=O)CC1)C(=O)OCOP(=O)(OC(C)(C)C)OC(C)(C)C. The fourth-order valence-corrected chi connectivity index (χ4v) is 13.9. The minimum atomic E-state index is -5.27. The van der Waals surface area contributed by atoms with Gasteiger partial charge in [0.1, 0.15) is 53.0 Å². The number of hydrogen-bond acceptors (Lipinski definition) is 17. The van der Waals surface area contributed by atoms with Gasteiger partial charge in [0.15, 0.2) is 21.3 Å². The van der Waals surface area contributed by atoms with Crippen molar-refractivity contribution in [1.82, 2.24) is 34.8 Å². The molecule has 3 amide bonds. The monoisotopic (exact) mass is 1460 g/mol. The summed E-state index contributed by atoms with van der Waals surface area (Å²) in [6.07, 6.45) is -12.3. The number of pyridine rings is 1. The number of fused-ring (bicyclic) bond motifs is 4. The van der Waals surface area contributed by atoms with Crippen LogP contribution in [0.25, 0.3) is 22.0 Å². The van der Waals surface area contributed by atoms with Gasteiger partial charge in [0.05, 0.1) is 45.1 Å². The second kappa shape index (κ2) is 26.3. The molecular weight excluding hydrogens is 1390 g/mol. The average Bonchev–Trinajstić information content (AvgIpc) is 1.52. The van der Waals surface area contributed by atoms with E-state index in [1.54, 1.807) is 41.5 Å². The molecule has 532 valence electrons. The maximum absolute atomic E-state index is 15.8. The third-order valence-corrected chi connectivity index (χ3v) is 20.5. The second-order valence-electron chi connectivity index (χ2n) is 27.6. The fourth-order valence-electron chi connectivity index (χ4n) is 10.9. The van der Waals surface area contributed by atoms with E-state index in [4.69, 9.17) is 34.6 Å². The predicted molar refractivity (Wildman–Crippen MR) is 330 cm³/mol. The first-order valence-corrected chi connectivity index (χ1v) is 35.3. The Kier molecular flexibility index (Phi) is 20.6. The number of sulfonamides is 1. The fraction of sp³-hybridized carbons (Fsp3) is 0.557. The van der Waals surface area contributed by atoms with E-state index in [1.165, 1.54) is 34.6 Å². The number of rotatable bonds is 22. The van der Waals surface area contributed by atoms with E-state index in [2.05, 4.69) is 32.3 Å². The van der Waals surface area contributed by atoms with E-state index in [9.17, 15) is 53.8 Å². The number of halogens is 11. The second-order valence-corrected chi connectivity index (χ2v) is 33.9. The summed E-state index contributed by atoms with van der Waals surface area (Å²) in [6.45, 7) is 10.3. The Morgan fingerprint density at radius 2 is 1.43 bits per heavy atom. The number of ether oxygens (including phenoxy) is 2. The average molecular weight is 1460 g/mol. The van der Waals surface area contributed by atoms with Gasteiger partial charge in [0.25, 0.3) is 5.92 Å². The molecule has 0 bridgehead atoms. The van der Waals surface area contributed by atoms with Crippen LogP contribution in [0.15, 0.2) is 42.5 Å². The van der Waals surface area contributed by atoms with E-state index in [1.807, 2.05) is 0 Å². The van der Waals surface area contributed by atoms with Crippen LogP contribution >= 0.6 is 19.4 Å². The Labute approximate surface area is 556 Å². The highest BCUT2D eigenvalue weighted by Crippen LogP contribution is 2.68.